The molecule has 1 saturated heterocycles. The first kappa shape index (κ1) is 18.1. The van der Waals surface area contributed by atoms with Gasteiger partial charge in [0.15, 0.2) is 0 Å². The lowest BCUT2D eigenvalue weighted by Gasteiger charge is -2.46. The first-order valence-corrected chi connectivity index (χ1v) is 10.7. The van der Waals surface area contributed by atoms with Gasteiger partial charge < -0.3 is 9.47 Å². The van der Waals surface area contributed by atoms with Crippen molar-refractivity contribution in [3.8, 4) is 0 Å². The summed E-state index contributed by atoms with van der Waals surface area (Å²) in [5.41, 5.74) is 2.08. The molecule has 2 amide bonds. The summed E-state index contributed by atoms with van der Waals surface area (Å²) in [4.78, 5) is 31.8. The second-order valence-corrected chi connectivity index (χ2v) is 8.95. The lowest BCUT2D eigenvalue weighted by Crippen LogP contribution is -2.42. The predicted octanol–water partition coefficient (Wildman–Crippen LogP) is 4.09. The molecule has 3 aromatic rings. The van der Waals surface area contributed by atoms with Crippen LogP contribution in [0.4, 0.5) is 5.95 Å². The molecular formula is C22H22N4O2S. The highest BCUT2D eigenvalue weighted by Crippen LogP contribution is 2.55. The number of para-hydroxylation sites is 2. The number of anilines is 1. The zero-order valence-electron chi connectivity index (χ0n) is 16.0. The molecule has 0 atom stereocenters. The molecule has 6 nitrogen and oxygen atoms in total. The van der Waals surface area contributed by atoms with E-state index in [-0.39, 0.29) is 23.3 Å². The van der Waals surface area contributed by atoms with Crippen molar-refractivity contribution in [1.29, 1.82) is 0 Å². The number of carbonyl (C=O) groups excluding carboxylic acids is 2. The molecule has 1 aliphatic carbocycles. The number of benzene rings is 1. The number of rotatable bonds is 4. The number of hydrogen-bond donors (Lipinski definition) is 1. The van der Waals surface area contributed by atoms with Gasteiger partial charge in [-0.15, -0.1) is 11.3 Å². The number of nitrogens with one attached hydrogen (secondary N) is 1. The van der Waals surface area contributed by atoms with Crippen molar-refractivity contribution in [3.63, 3.8) is 0 Å². The molecule has 7 heteroatoms. The monoisotopic (exact) mass is 406 g/mol. The van der Waals surface area contributed by atoms with Crippen molar-refractivity contribution in [2.45, 2.75) is 25.3 Å². The van der Waals surface area contributed by atoms with E-state index in [0.717, 1.165) is 43.4 Å². The van der Waals surface area contributed by atoms with Gasteiger partial charge in [0.25, 0.3) is 5.91 Å². The Kier molecular flexibility index (Phi) is 4.28. The van der Waals surface area contributed by atoms with Crippen LogP contribution in [0.3, 0.4) is 0 Å². The molecule has 1 N–H and O–H groups in total. The van der Waals surface area contributed by atoms with Crippen LogP contribution in [-0.4, -0.2) is 39.4 Å². The molecule has 2 aliphatic rings. The molecule has 1 spiro atoms. The Balaban J connectivity index is 1.41. The Morgan fingerprint density at radius 2 is 2.07 bits per heavy atom. The molecule has 1 aromatic carbocycles. The number of fused-ring (bicyclic) bond motifs is 1. The number of hydrogen-bond acceptors (Lipinski definition) is 4. The van der Waals surface area contributed by atoms with Gasteiger partial charge in [-0.2, -0.15) is 0 Å². The standard InChI is InChI=1S/C22H22N4O2S/c1-2-19(27)25-10-9-22(14-25)12-15(13-22)26-17-7-4-3-6-16(17)23-21(26)24-20(28)18-8-5-11-29-18/h2-8,11,15H,1,9-10,12-14H2,(H,23,24,28). The summed E-state index contributed by atoms with van der Waals surface area (Å²) in [5.74, 6) is 0.484. The Hall–Kier alpha value is -2.93. The van der Waals surface area contributed by atoms with Gasteiger partial charge in [-0.25, -0.2) is 4.98 Å². The van der Waals surface area contributed by atoms with E-state index in [0.29, 0.717) is 10.8 Å². The molecule has 5 rings (SSSR count). The third-order valence-corrected chi connectivity index (χ3v) is 7.06. The highest BCUT2D eigenvalue weighted by molar-refractivity contribution is 7.12. The van der Waals surface area contributed by atoms with Crippen molar-refractivity contribution < 1.29 is 9.59 Å². The average molecular weight is 407 g/mol. The van der Waals surface area contributed by atoms with Crippen LogP contribution in [0, 0.1) is 5.41 Å². The van der Waals surface area contributed by atoms with E-state index in [1.165, 1.54) is 17.4 Å². The van der Waals surface area contributed by atoms with E-state index in [1.807, 2.05) is 40.6 Å². The molecule has 1 saturated carbocycles. The summed E-state index contributed by atoms with van der Waals surface area (Å²) in [6.45, 7) is 5.19. The van der Waals surface area contributed by atoms with Gasteiger partial charge in [-0.1, -0.05) is 24.8 Å². The SMILES string of the molecule is C=CC(=O)N1CCC2(CC(n3c(NC(=O)c4cccs4)nc4ccccc43)C2)C1. The quantitative estimate of drug-likeness (QED) is 0.664. The third-order valence-electron chi connectivity index (χ3n) is 6.19. The van der Waals surface area contributed by atoms with Gasteiger partial charge in [-0.05, 0) is 54.3 Å². The number of imidazole rings is 1. The van der Waals surface area contributed by atoms with Crippen LogP contribution < -0.4 is 5.32 Å². The van der Waals surface area contributed by atoms with Gasteiger partial charge in [0.1, 0.15) is 0 Å². The smallest absolute Gasteiger partial charge is 0.268 e. The van der Waals surface area contributed by atoms with Crippen LogP contribution in [0.1, 0.15) is 35.0 Å². The molecule has 2 aromatic heterocycles. The zero-order valence-corrected chi connectivity index (χ0v) is 16.8. The average Bonchev–Trinajstić information content (AvgIpc) is 3.43. The highest BCUT2D eigenvalue weighted by atomic mass is 32.1. The minimum atomic E-state index is -0.130. The molecule has 3 heterocycles. The molecule has 0 bridgehead atoms. The number of amides is 2. The van der Waals surface area contributed by atoms with Gasteiger partial charge in [-0.3, -0.25) is 14.9 Å². The van der Waals surface area contributed by atoms with E-state index >= 15 is 0 Å². The fraction of sp³-hybridized carbons (Fsp3) is 0.318. The Labute approximate surface area is 172 Å². The maximum Gasteiger partial charge on any atom is 0.268 e. The van der Waals surface area contributed by atoms with Gasteiger partial charge in [0, 0.05) is 19.1 Å². The first-order chi connectivity index (χ1) is 14.1. The fourth-order valence-corrected chi connectivity index (χ4v) is 5.40. The summed E-state index contributed by atoms with van der Waals surface area (Å²) < 4.78 is 2.17. The summed E-state index contributed by atoms with van der Waals surface area (Å²) in [7, 11) is 0. The van der Waals surface area contributed by atoms with Gasteiger partial charge >= 0.3 is 0 Å². The lowest BCUT2D eigenvalue weighted by molar-refractivity contribution is -0.125. The zero-order chi connectivity index (χ0) is 20.0. The molecule has 0 unspecified atom stereocenters. The summed E-state index contributed by atoms with van der Waals surface area (Å²) in [5, 5.41) is 4.90. The Morgan fingerprint density at radius 3 is 2.83 bits per heavy atom. The normalized spacial score (nSPS) is 23.3. The number of carbonyl (C=O) groups is 2. The number of nitrogens with zero attached hydrogens (tertiary/aromatic N) is 3. The molecular weight excluding hydrogens is 384 g/mol. The minimum absolute atomic E-state index is 0.0160. The number of thiophene rings is 1. The van der Waals surface area contributed by atoms with Crippen LogP contribution in [-0.2, 0) is 4.79 Å². The van der Waals surface area contributed by atoms with E-state index in [4.69, 9.17) is 4.98 Å². The van der Waals surface area contributed by atoms with E-state index in [2.05, 4.69) is 22.5 Å². The van der Waals surface area contributed by atoms with E-state index in [9.17, 15) is 9.59 Å². The maximum absolute atomic E-state index is 12.6. The van der Waals surface area contributed by atoms with Crippen molar-refractivity contribution in [2.24, 2.45) is 5.41 Å². The molecule has 1 aliphatic heterocycles. The molecule has 0 radical (unpaired) electrons. The van der Waals surface area contributed by atoms with Crippen LogP contribution in [0.15, 0.2) is 54.4 Å². The molecule has 148 valence electrons. The van der Waals surface area contributed by atoms with Crippen molar-refractivity contribution in [2.75, 3.05) is 18.4 Å². The van der Waals surface area contributed by atoms with Crippen molar-refractivity contribution in [3.05, 3.63) is 59.3 Å². The fourth-order valence-electron chi connectivity index (χ4n) is 4.78. The second kappa shape index (κ2) is 6.84. The van der Waals surface area contributed by atoms with E-state index < -0.39 is 0 Å². The number of aromatic nitrogens is 2. The lowest BCUT2D eigenvalue weighted by atomic mass is 9.65. The van der Waals surface area contributed by atoms with Crippen LogP contribution in [0.5, 0.6) is 0 Å². The van der Waals surface area contributed by atoms with E-state index in [1.54, 1.807) is 0 Å². The summed E-state index contributed by atoms with van der Waals surface area (Å²) in [6, 6.07) is 11.9. The molecule has 2 fully saturated rings. The first-order valence-electron chi connectivity index (χ1n) is 9.82. The third kappa shape index (κ3) is 3.06. The largest absolute Gasteiger partial charge is 0.339 e. The van der Waals surface area contributed by atoms with Crippen LogP contribution >= 0.6 is 11.3 Å². The maximum atomic E-state index is 12.6. The van der Waals surface area contributed by atoms with Crippen LogP contribution in [0.2, 0.25) is 0 Å². The highest BCUT2D eigenvalue weighted by Gasteiger charge is 2.50. The molecule has 29 heavy (non-hydrogen) atoms. The van der Waals surface area contributed by atoms with Gasteiger partial charge in [0.2, 0.25) is 11.9 Å². The Bertz CT molecular complexity index is 1100. The minimum Gasteiger partial charge on any atom is -0.339 e. The second-order valence-electron chi connectivity index (χ2n) is 8.00. The number of likely N-dealkylation sites (tertiary alicyclic amines) is 1. The van der Waals surface area contributed by atoms with Crippen molar-refractivity contribution in [1.82, 2.24) is 14.5 Å². The summed E-state index contributed by atoms with van der Waals surface area (Å²) in [6.07, 6.45) is 4.38. The topological polar surface area (TPSA) is 67.2 Å². The Morgan fingerprint density at radius 1 is 1.24 bits per heavy atom. The van der Waals surface area contributed by atoms with Crippen molar-refractivity contribution >= 4 is 40.1 Å². The van der Waals surface area contributed by atoms with Crippen LogP contribution in [0.25, 0.3) is 11.0 Å². The summed E-state index contributed by atoms with van der Waals surface area (Å²) >= 11 is 1.42. The van der Waals surface area contributed by atoms with Gasteiger partial charge in [0.05, 0.1) is 15.9 Å². The predicted molar refractivity (Wildman–Crippen MR) is 114 cm³/mol.